The van der Waals surface area contributed by atoms with Crippen LogP contribution in [0.25, 0.3) is 0 Å². The molecule has 9 heteroatoms. The Morgan fingerprint density at radius 3 is 2.33 bits per heavy atom. The van der Waals surface area contributed by atoms with E-state index >= 15 is 0 Å². The minimum absolute atomic E-state index is 0.187. The highest BCUT2D eigenvalue weighted by molar-refractivity contribution is 7.88. The van der Waals surface area contributed by atoms with Crippen molar-refractivity contribution >= 4 is 21.6 Å². The zero-order valence-electron chi connectivity index (χ0n) is 15.2. The SMILES string of the molecule is COc1ccc(NC(=O)C[C@H](NS(C)(=O)=O)c2ccc(F)cc2)c(OC)c1. The molecule has 2 rings (SSSR count). The summed E-state index contributed by atoms with van der Waals surface area (Å²) in [5, 5.41) is 2.68. The van der Waals surface area contributed by atoms with Crippen LogP contribution < -0.4 is 19.5 Å². The summed E-state index contributed by atoms with van der Waals surface area (Å²) < 4.78 is 49.1. The molecule has 0 aliphatic rings. The lowest BCUT2D eigenvalue weighted by Gasteiger charge is -2.18. The van der Waals surface area contributed by atoms with Crippen LogP contribution in [-0.4, -0.2) is 34.8 Å². The lowest BCUT2D eigenvalue weighted by atomic mass is 10.0. The predicted octanol–water partition coefficient (Wildman–Crippen LogP) is 2.46. The maximum atomic E-state index is 13.1. The number of amides is 1. The molecule has 2 N–H and O–H groups in total. The lowest BCUT2D eigenvalue weighted by Crippen LogP contribution is -2.30. The largest absolute Gasteiger partial charge is 0.497 e. The Hall–Kier alpha value is -2.65. The Bertz CT molecular complexity index is 900. The van der Waals surface area contributed by atoms with Gasteiger partial charge in [-0.05, 0) is 29.8 Å². The third-order valence-electron chi connectivity index (χ3n) is 3.70. The third-order valence-corrected chi connectivity index (χ3v) is 4.41. The van der Waals surface area contributed by atoms with Crippen LogP contribution in [0.5, 0.6) is 11.5 Å². The summed E-state index contributed by atoms with van der Waals surface area (Å²) in [6.07, 6.45) is 0.807. The molecule has 1 amide bonds. The molecule has 0 aliphatic heterocycles. The minimum Gasteiger partial charge on any atom is -0.497 e. The number of hydrogen-bond acceptors (Lipinski definition) is 5. The highest BCUT2D eigenvalue weighted by Crippen LogP contribution is 2.29. The molecule has 0 unspecified atom stereocenters. The van der Waals surface area contributed by atoms with Gasteiger partial charge in [0.05, 0.1) is 32.2 Å². The van der Waals surface area contributed by atoms with Crippen molar-refractivity contribution in [2.75, 3.05) is 25.8 Å². The number of benzene rings is 2. The van der Waals surface area contributed by atoms with Crippen LogP contribution in [0.15, 0.2) is 42.5 Å². The fourth-order valence-electron chi connectivity index (χ4n) is 2.47. The van der Waals surface area contributed by atoms with Crippen molar-refractivity contribution in [3.8, 4) is 11.5 Å². The number of halogens is 1. The maximum absolute atomic E-state index is 13.1. The van der Waals surface area contributed by atoms with Crippen molar-refractivity contribution < 1.29 is 27.1 Å². The summed E-state index contributed by atoms with van der Waals surface area (Å²) in [4.78, 5) is 12.5. The van der Waals surface area contributed by atoms with Crippen molar-refractivity contribution in [2.45, 2.75) is 12.5 Å². The molecule has 0 aliphatic carbocycles. The average Bonchev–Trinajstić information content (AvgIpc) is 2.61. The van der Waals surface area contributed by atoms with Gasteiger partial charge in [-0.3, -0.25) is 4.79 Å². The minimum atomic E-state index is -3.59. The molecule has 1 atom stereocenters. The molecule has 0 aromatic heterocycles. The number of carbonyl (C=O) groups excluding carboxylic acids is 1. The van der Waals surface area contributed by atoms with E-state index in [0.29, 0.717) is 22.7 Å². The first kappa shape index (κ1) is 20.7. The number of anilines is 1. The molecule has 2 aromatic rings. The molecule has 0 saturated heterocycles. The van der Waals surface area contributed by atoms with E-state index in [2.05, 4.69) is 10.0 Å². The molecule has 0 spiro atoms. The van der Waals surface area contributed by atoms with Crippen LogP contribution >= 0.6 is 0 Å². The van der Waals surface area contributed by atoms with E-state index in [1.54, 1.807) is 18.2 Å². The van der Waals surface area contributed by atoms with Crippen LogP contribution in [-0.2, 0) is 14.8 Å². The second-order valence-electron chi connectivity index (χ2n) is 5.81. The molecule has 0 bridgehead atoms. The Kier molecular flexibility index (Phi) is 6.75. The molecule has 27 heavy (non-hydrogen) atoms. The van der Waals surface area contributed by atoms with E-state index in [-0.39, 0.29) is 6.42 Å². The van der Waals surface area contributed by atoms with Crippen LogP contribution in [0, 0.1) is 5.82 Å². The van der Waals surface area contributed by atoms with Gasteiger partial charge >= 0.3 is 0 Å². The molecule has 7 nitrogen and oxygen atoms in total. The third kappa shape index (κ3) is 6.22. The van der Waals surface area contributed by atoms with Gasteiger partial charge < -0.3 is 14.8 Å². The van der Waals surface area contributed by atoms with Gasteiger partial charge in [-0.15, -0.1) is 0 Å². The van der Waals surface area contributed by atoms with Gasteiger partial charge in [0.15, 0.2) is 0 Å². The van der Waals surface area contributed by atoms with Crippen LogP contribution in [0.4, 0.5) is 10.1 Å². The highest BCUT2D eigenvalue weighted by atomic mass is 32.2. The first-order chi connectivity index (χ1) is 12.7. The van der Waals surface area contributed by atoms with E-state index in [1.165, 1.54) is 38.5 Å². The number of nitrogens with one attached hydrogen (secondary N) is 2. The van der Waals surface area contributed by atoms with E-state index in [9.17, 15) is 17.6 Å². The summed E-state index contributed by atoms with van der Waals surface area (Å²) >= 11 is 0. The summed E-state index contributed by atoms with van der Waals surface area (Å²) in [6.45, 7) is 0. The molecule has 0 saturated carbocycles. The summed E-state index contributed by atoms with van der Waals surface area (Å²) in [5.74, 6) is 0.0677. The summed E-state index contributed by atoms with van der Waals surface area (Å²) in [7, 11) is -0.620. The zero-order valence-corrected chi connectivity index (χ0v) is 16.0. The average molecular weight is 396 g/mol. The predicted molar refractivity (Wildman–Crippen MR) is 99.9 cm³/mol. The number of sulfonamides is 1. The van der Waals surface area contributed by atoms with E-state index in [0.717, 1.165) is 6.26 Å². The molecular formula is C18H21FN2O5S. The van der Waals surface area contributed by atoms with Crippen molar-refractivity contribution in [3.63, 3.8) is 0 Å². The van der Waals surface area contributed by atoms with Crippen molar-refractivity contribution in [1.29, 1.82) is 0 Å². The van der Waals surface area contributed by atoms with Crippen LogP contribution in [0.1, 0.15) is 18.0 Å². The first-order valence-corrected chi connectivity index (χ1v) is 9.85. The second-order valence-corrected chi connectivity index (χ2v) is 7.59. The molecular weight excluding hydrogens is 375 g/mol. The van der Waals surface area contributed by atoms with Crippen LogP contribution in [0.2, 0.25) is 0 Å². The maximum Gasteiger partial charge on any atom is 0.226 e. The number of rotatable bonds is 8. The number of hydrogen-bond donors (Lipinski definition) is 2. The Morgan fingerprint density at radius 2 is 1.78 bits per heavy atom. The monoisotopic (exact) mass is 396 g/mol. The topological polar surface area (TPSA) is 93.7 Å². The standard InChI is InChI=1S/C18H21FN2O5S/c1-25-14-8-9-15(17(10-14)26-2)20-18(22)11-16(21-27(3,23)24)12-4-6-13(19)7-5-12/h4-10,16,21H,11H2,1-3H3,(H,20,22)/t16-/m0/s1. The zero-order chi connectivity index (χ0) is 20.0. The number of methoxy groups -OCH3 is 2. The van der Waals surface area contributed by atoms with Gasteiger partial charge in [0.2, 0.25) is 15.9 Å². The Balaban J connectivity index is 2.19. The molecule has 0 heterocycles. The van der Waals surface area contributed by atoms with Crippen molar-refractivity contribution in [3.05, 3.63) is 53.8 Å². The Labute approximate surface area is 157 Å². The lowest BCUT2D eigenvalue weighted by molar-refractivity contribution is -0.116. The number of carbonyl (C=O) groups is 1. The number of ether oxygens (including phenoxy) is 2. The van der Waals surface area contributed by atoms with Gasteiger partial charge in [-0.25, -0.2) is 17.5 Å². The smallest absolute Gasteiger partial charge is 0.226 e. The first-order valence-electron chi connectivity index (χ1n) is 7.96. The quantitative estimate of drug-likeness (QED) is 0.715. The van der Waals surface area contributed by atoms with E-state index in [4.69, 9.17) is 9.47 Å². The van der Waals surface area contributed by atoms with E-state index < -0.39 is 27.8 Å². The fourth-order valence-corrected chi connectivity index (χ4v) is 3.21. The van der Waals surface area contributed by atoms with Gasteiger partial charge in [-0.1, -0.05) is 12.1 Å². The molecule has 2 aromatic carbocycles. The van der Waals surface area contributed by atoms with Crippen LogP contribution in [0.3, 0.4) is 0 Å². The van der Waals surface area contributed by atoms with Crippen molar-refractivity contribution in [2.24, 2.45) is 0 Å². The second kappa shape index (κ2) is 8.83. The summed E-state index contributed by atoms with van der Waals surface area (Å²) in [5.41, 5.74) is 0.888. The fraction of sp³-hybridized carbons (Fsp3) is 0.278. The van der Waals surface area contributed by atoms with Gasteiger partial charge in [-0.2, -0.15) is 0 Å². The van der Waals surface area contributed by atoms with Gasteiger partial charge in [0.1, 0.15) is 17.3 Å². The highest BCUT2D eigenvalue weighted by Gasteiger charge is 2.21. The normalized spacial score (nSPS) is 12.3. The molecule has 0 radical (unpaired) electrons. The van der Waals surface area contributed by atoms with E-state index in [1.807, 2.05) is 0 Å². The molecule has 0 fully saturated rings. The van der Waals surface area contributed by atoms with Crippen molar-refractivity contribution in [1.82, 2.24) is 4.72 Å². The summed E-state index contributed by atoms with van der Waals surface area (Å²) in [6, 6.07) is 9.31. The van der Waals surface area contributed by atoms with Gasteiger partial charge in [0, 0.05) is 12.5 Å². The van der Waals surface area contributed by atoms with Gasteiger partial charge in [0.25, 0.3) is 0 Å². The Morgan fingerprint density at radius 1 is 1.11 bits per heavy atom. The molecule has 146 valence electrons.